The average molecular weight is 291 g/mol. The summed E-state index contributed by atoms with van der Waals surface area (Å²) in [5.41, 5.74) is 2.14. The van der Waals surface area contributed by atoms with E-state index in [4.69, 9.17) is 16.7 Å². The average Bonchev–Trinajstić information content (AvgIpc) is 2.48. The highest BCUT2D eigenvalue weighted by Gasteiger charge is 2.19. The number of rotatable bonds is 6. The topological polar surface area (TPSA) is 36.4 Å². The van der Waals surface area contributed by atoms with Gasteiger partial charge in [-0.05, 0) is 43.3 Å². The molecule has 0 aliphatic carbocycles. The second-order valence-electron chi connectivity index (χ2n) is 4.77. The van der Waals surface area contributed by atoms with Crippen LogP contribution in [0.5, 0.6) is 0 Å². The van der Waals surface area contributed by atoms with Crippen molar-refractivity contribution in [3.05, 3.63) is 64.9 Å². The Balaban J connectivity index is 2.31. The number of benzene rings is 1. The molecule has 0 unspecified atom stereocenters. The van der Waals surface area contributed by atoms with Crippen LogP contribution in [0.3, 0.4) is 0 Å². The van der Waals surface area contributed by atoms with E-state index in [0.717, 1.165) is 29.2 Å². The van der Waals surface area contributed by atoms with Gasteiger partial charge in [-0.15, -0.1) is 0 Å². The molecule has 0 aliphatic rings. The summed E-state index contributed by atoms with van der Waals surface area (Å²) in [6.45, 7) is 1.00. The van der Waals surface area contributed by atoms with Crippen LogP contribution in [0.1, 0.15) is 23.7 Å². The number of hydrogen-bond acceptors (Lipinski definition) is 3. The molecule has 0 spiro atoms. The van der Waals surface area contributed by atoms with Gasteiger partial charge in [-0.2, -0.15) is 0 Å². The molecule has 106 valence electrons. The third-order valence-corrected chi connectivity index (χ3v) is 3.52. The van der Waals surface area contributed by atoms with Crippen LogP contribution in [-0.2, 0) is 0 Å². The Morgan fingerprint density at radius 2 is 1.95 bits per heavy atom. The summed E-state index contributed by atoms with van der Waals surface area (Å²) in [5, 5.41) is 9.74. The summed E-state index contributed by atoms with van der Waals surface area (Å²) < 4.78 is 0. The molecule has 1 heterocycles. The van der Waals surface area contributed by atoms with E-state index in [1.54, 1.807) is 6.20 Å². The minimum Gasteiger partial charge on any atom is -0.396 e. The van der Waals surface area contributed by atoms with Crippen LogP contribution in [0.25, 0.3) is 0 Å². The van der Waals surface area contributed by atoms with Gasteiger partial charge in [-0.25, -0.2) is 0 Å². The Hall–Kier alpha value is -1.42. The highest BCUT2D eigenvalue weighted by molar-refractivity contribution is 6.30. The van der Waals surface area contributed by atoms with Crippen molar-refractivity contribution in [3.8, 4) is 0 Å². The summed E-state index contributed by atoms with van der Waals surface area (Å²) >= 11 is 5.96. The van der Waals surface area contributed by atoms with Gasteiger partial charge < -0.3 is 5.11 Å². The van der Waals surface area contributed by atoms with Gasteiger partial charge in [0, 0.05) is 24.4 Å². The van der Waals surface area contributed by atoms with E-state index in [-0.39, 0.29) is 12.6 Å². The molecule has 0 saturated carbocycles. The fourth-order valence-electron chi connectivity index (χ4n) is 2.28. The van der Waals surface area contributed by atoms with Gasteiger partial charge in [0.1, 0.15) is 0 Å². The second-order valence-corrected chi connectivity index (χ2v) is 5.20. The monoisotopic (exact) mass is 290 g/mol. The SMILES string of the molecule is CN(CCCO)[C@H](c1ccc(Cl)cc1)c1ccccn1. The van der Waals surface area contributed by atoms with Crippen LogP contribution in [0.4, 0.5) is 0 Å². The van der Waals surface area contributed by atoms with Crippen LogP contribution < -0.4 is 0 Å². The number of nitrogens with zero attached hydrogens (tertiary/aromatic N) is 2. The molecule has 1 N–H and O–H groups in total. The van der Waals surface area contributed by atoms with E-state index in [0.29, 0.717) is 0 Å². The van der Waals surface area contributed by atoms with Crippen LogP contribution in [0, 0.1) is 0 Å². The molecule has 3 nitrogen and oxygen atoms in total. The van der Waals surface area contributed by atoms with E-state index in [2.05, 4.69) is 9.88 Å². The molecular weight excluding hydrogens is 272 g/mol. The van der Waals surface area contributed by atoms with Crippen molar-refractivity contribution in [2.75, 3.05) is 20.2 Å². The molecule has 0 bridgehead atoms. The van der Waals surface area contributed by atoms with Gasteiger partial charge in [0.15, 0.2) is 0 Å². The van der Waals surface area contributed by atoms with E-state index >= 15 is 0 Å². The second kappa shape index (κ2) is 7.39. The lowest BCUT2D eigenvalue weighted by Crippen LogP contribution is -2.27. The van der Waals surface area contributed by atoms with E-state index in [9.17, 15) is 0 Å². The van der Waals surface area contributed by atoms with Crippen molar-refractivity contribution in [1.82, 2.24) is 9.88 Å². The predicted molar refractivity (Wildman–Crippen MR) is 81.9 cm³/mol. The van der Waals surface area contributed by atoms with Crippen molar-refractivity contribution < 1.29 is 5.11 Å². The summed E-state index contributed by atoms with van der Waals surface area (Å²) in [6.07, 6.45) is 2.55. The smallest absolute Gasteiger partial charge is 0.0773 e. The Morgan fingerprint density at radius 3 is 2.55 bits per heavy atom. The Labute approximate surface area is 124 Å². The minimum absolute atomic E-state index is 0.0695. The number of aliphatic hydroxyl groups is 1. The van der Waals surface area contributed by atoms with Crippen molar-refractivity contribution in [2.24, 2.45) is 0 Å². The van der Waals surface area contributed by atoms with Gasteiger partial charge in [0.25, 0.3) is 0 Å². The van der Waals surface area contributed by atoms with Gasteiger partial charge in [-0.1, -0.05) is 29.8 Å². The van der Waals surface area contributed by atoms with Gasteiger partial charge in [-0.3, -0.25) is 9.88 Å². The number of aliphatic hydroxyl groups excluding tert-OH is 1. The molecule has 1 atom stereocenters. The number of hydrogen-bond donors (Lipinski definition) is 1. The number of halogens is 1. The maximum absolute atomic E-state index is 9.01. The number of aromatic nitrogens is 1. The Bertz CT molecular complexity index is 516. The molecule has 4 heteroatoms. The molecule has 0 saturated heterocycles. The fraction of sp³-hybridized carbons (Fsp3) is 0.312. The van der Waals surface area contributed by atoms with Crippen molar-refractivity contribution >= 4 is 11.6 Å². The zero-order valence-electron chi connectivity index (χ0n) is 11.5. The molecule has 0 aliphatic heterocycles. The lowest BCUT2D eigenvalue weighted by Gasteiger charge is -2.28. The highest BCUT2D eigenvalue weighted by Crippen LogP contribution is 2.27. The zero-order valence-corrected chi connectivity index (χ0v) is 12.3. The molecule has 20 heavy (non-hydrogen) atoms. The first kappa shape index (κ1) is 15.0. The summed E-state index contributed by atoms with van der Waals surface area (Å²) in [7, 11) is 2.05. The van der Waals surface area contributed by atoms with Gasteiger partial charge in [0.05, 0.1) is 11.7 Å². The molecule has 2 rings (SSSR count). The van der Waals surface area contributed by atoms with Crippen molar-refractivity contribution in [2.45, 2.75) is 12.5 Å². The first-order valence-corrected chi connectivity index (χ1v) is 7.07. The third-order valence-electron chi connectivity index (χ3n) is 3.26. The summed E-state index contributed by atoms with van der Waals surface area (Å²) in [5.74, 6) is 0. The predicted octanol–water partition coefficient (Wildman–Crippen LogP) is 3.14. The maximum atomic E-state index is 9.01. The van der Waals surface area contributed by atoms with Crippen molar-refractivity contribution in [1.29, 1.82) is 0 Å². The molecule has 0 radical (unpaired) electrons. The molecular formula is C16H19ClN2O. The van der Waals surface area contributed by atoms with Crippen LogP contribution in [0.2, 0.25) is 5.02 Å². The fourth-order valence-corrected chi connectivity index (χ4v) is 2.41. The molecule has 1 aromatic carbocycles. The lowest BCUT2D eigenvalue weighted by molar-refractivity contribution is 0.223. The summed E-state index contributed by atoms with van der Waals surface area (Å²) in [6, 6.07) is 13.8. The third kappa shape index (κ3) is 3.79. The van der Waals surface area contributed by atoms with Gasteiger partial charge in [0.2, 0.25) is 0 Å². The summed E-state index contributed by atoms with van der Waals surface area (Å²) in [4.78, 5) is 6.67. The standard InChI is InChI=1S/C16H19ClN2O/c1-19(11-4-12-20)16(15-5-2-3-10-18-15)13-6-8-14(17)9-7-13/h2-3,5-10,16,20H,4,11-12H2,1H3/t16-/m1/s1. The minimum atomic E-state index is 0.0695. The van der Waals surface area contributed by atoms with E-state index < -0.39 is 0 Å². The van der Waals surface area contributed by atoms with Crippen molar-refractivity contribution in [3.63, 3.8) is 0 Å². The quantitative estimate of drug-likeness (QED) is 0.888. The number of pyridine rings is 1. The first-order valence-electron chi connectivity index (χ1n) is 6.70. The van der Waals surface area contributed by atoms with Gasteiger partial charge >= 0.3 is 0 Å². The van der Waals surface area contributed by atoms with E-state index in [1.807, 2.05) is 49.5 Å². The van der Waals surface area contributed by atoms with Crippen LogP contribution >= 0.6 is 11.6 Å². The van der Waals surface area contributed by atoms with E-state index in [1.165, 1.54) is 0 Å². The van der Waals surface area contributed by atoms with Crippen LogP contribution in [-0.4, -0.2) is 35.2 Å². The molecule has 2 aromatic rings. The largest absolute Gasteiger partial charge is 0.396 e. The lowest BCUT2D eigenvalue weighted by atomic mass is 10.0. The first-order chi connectivity index (χ1) is 9.72. The molecule has 0 fully saturated rings. The highest BCUT2D eigenvalue weighted by atomic mass is 35.5. The molecule has 1 aromatic heterocycles. The normalized spacial score (nSPS) is 12.6. The maximum Gasteiger partial charge on any atom is 0.0773 e. The Morgan fingerprint density at radius 1 is 1.20 bits per heavy atom. The van der Waals surface area contributed by atoms with Crippen LogP contribution in [0.15, 0.2) is 48.7 Å². The zero-order chi connectivity index (χ0) is 14.4. The Kier molecular flexibility index (Phi) is 5.53. The molecule has 0 amide bonds.